The van der Waals surface area contributed by atoms with Crippen LogP contribution >= 0.6 is 0 Å². The molecule has 0 aromatic carbocycles. The Balaban J connectivity index is 2.78. The van der Waals surface area contributed by atoms with Crippen LogP contribution in [0.1, 0.15) is 33.1 Å². The topological polar surface area (TPSA) is 50.1 Å². The SMILES string of the molecule is C=C(C)C1CC/C(=C\C#N)C(OC(C)=O)C1. The van der Waals surface area contributed by atoms with Gasteiger partial charge < -0.3 is 4.74 Å². The highest BCUT2D eigenvalue weighted by atomic mass is 16.5. The second kappa shape index (κ2) is 5.50. The van der Waals surface area contributed by atoms with Gasteiger partial charge in [0.25, 0.3) is 0 Å². The summed E-state index contributed by atoms with van der Waals surface area (Å²) in [6, 6.07) is 2.01. The highest BCUT2D eigenvalue weighted by Gasteiger charge is 2.28. The summed E-state index contributed by atoms with van der Waals surface area (Å²) in [6.07, 6.45) is 3.81. The predicted molar refractivity (Wildman–Crippen MR) is 61.4 cm³/mol. The van der Waals surface area contributed by atoms with E-state index in [4.69, 9.17) is 10.00 Å². The number of carbonyl (C=O) groups excluding carboxylic acids is 1. The van der Waals surface area contributed by atoms with Crippen molar-refractivity contribution in [2.75, 3.05) is 0 Å². The minimum Gasteiger partial charge on any atom is -0.458 e. The summed E-state index contributed by atoms with van der Waals surface area (Å²) in [5.41, 5.74) is 2.04. The molecule has 0 aromatic rings. The van der Waals surface area contributed by atoms with Crippen molar-refractivity contribution in [2.24, 2.45) is 5.92 Å². The molecule has 0 N–H and O–H groups in total. The van der Waals surface area contributed by atoms with Crippen molar-refractivity contribution in [2.45, 2.75) is 39.2 Å². The number of nitrogens with zero attached hydrogens (tertiary/aromatic N) is 1. The zero-order chi connectivity index (χ0) is 12.1. The van der Waals surface area contributed by atoms with Gasteiger partial charge in [0.15, 0.2) is 0 Å². The molecule has 3 heteroatoms. The highest BCUT2D eigenvalue weighted by Crippen LogP contribution is 2.34. The predicted octanol–water partition coefficient (Wildman–Crippen LogP) is 2.74. The Morgan fingerprint density at radius 3 is 2.81 bits per heavy atom. The van der Waals surface area contributed by atoms with Gasteiger partial charge in [-0.3, -0.25) is 4.79 Å². The van der Waals surface area contributed by atoms with Crippen molar-refractivity contribution < 1.29 is 9.53 Å². The van der Waals surface area contributed by atoms with E-state index in [0.717, 1.165) is 30.4 Å². The molecule has 3 nitrogen and oxygen atoms in total. The van der Waals surface area contributed by atoms with E-state index in [1.165, 1.54) is 13.0 Å². The third kappa shape index (κ3) is 3.23. The molecule has 0 saturated heterocycles. The van der Waals surface area contributed by atoms with Gasteiger partial charge in [-0.1, -0.05) is 12.2 Å². The van der Waals surface area contributed by atoms with Crippen molar-refractivity contribution in [3.63, 3.8) is 0 Å². The Kier molecular flexibility index (Phi) is 4.30. The molecule has 0 heterocycles. The molecule has 0 aliphatic heterocycles. The van der Waals surface area contributed by atoms with Crippen LogP contribution in [0.5, 0.6) is 0 Å². The van der Waals surface area contributed by atoms with Crippen molar-refractivity contribution in [1.29, 1.82) is 5.26 Å². The quantitative estimate of drug-likeness (QED) is 0.407. The van der Waals surface area contributed by atoms with E-state index in [9.17, 15) is 4.79 Å². The summed E-state index contributed by atoms with van der Waals surface area (Å²) in [7, 11) is 0. The van der Waals surface area contributed by atoms with Crippen LogP contribution in [0.25, 0.3) is 0 Å². The van der Waals surface area contributed by atoms with Crippen molar-refractivity contribution in [1.82, 2.24) is 0 Å². The lowest BCUT2D eigenvalue weighted by atomic mass is 9.80. The zero-order valence-corrected chi connectivity index (χ0v) is 9.82. The fourth-order valence-corrected chi connectivity index (χ4v) is 2.05. The number of ether oxygens (including phenoxy) is 1. The Morgan fingerprint density at radius 2 is 2.31 bits per heavy atom. The molecule has 1 saturated carbocycles. The fraction of sp³-hybridized carbons (Fsp3) is 0.538. The summed E-state index contributed by atoms with van der Waals surface area (Å²) >= 11 is 0. The molecule has 86 valence electrons. The van der Waals surface area contributed by atoms with Gasteiger partial charge in [-0.15, -0.1) is 0 Å². The van der Waals surface area contributed by atoms with Crippen molar-refractivity contribution >= 4 is 5.97 Å². The monoisotopic (exact) mass is 219 g/mol. The second-order valence-electron chi connectivity index (χ2n) is 4.26. The molecule has 2 atom stereocenters. The normalized spacial score (nSPS) is 27.2. The standard InChI is InChI=1S/C13H17NO2/c1-9(2)12-5-4-11(6-7-14)13(8-12)16-10(3)15/h6,12-13H,1,4-5,8H2,2-3H3/b11-6+. The first-order valence-corrected chi connectivity index (χ1v) is 5.45. The average Bonchev–Trinajstić information content (AvgIpc) is 2.19. The number of hydrogen-bond acceptors (Lipinski definition) is 3. The molecule has 1 fully saturated rings. The van der Waals surface area contributed by atoms with Gasteiger partial charge in [-0.05, 0) is 37.7 Å². The second-order valence-corrected chi connectivity index (χ2v) is 4.26. The number of nitriles is 1. The van der Waals surface area contributed by atoms with Gasteiger partial charge in [-0.25, -0.2) is 0 Å². The number of esters is 1. The number of hydrogen-bond donors (Lipinski definition) is 0. The van der Waals surface area contributed by atoms with Crippen LogP contribution in [0.2, 0.25) is 0 Å². The number of rotatable bonds is 2. The molecule has 1 aliphatic carbocycles. The molecule has 0 aromatic heterocycles. The summed E-state index contributed by atoms with van der Waals surface area (Å²) < 4.78 is 5.24. The molecule has 16 heavy (non-hydrogen) atoms. The lowest BCUT2D eigenvalue weighted by Crippen LogP contribution is -2.27. The average molecular weight is 219 g/mol. The first kappa shape index (κ1) is 12.5. The van der Waals surface area contributed by atoms with Crippen LogP contribution in [0, 0.1) is 17.2 Å². The van der Waals surface area contributed by atoms with Gasteiger partial charge in [-0.2, -0.15) is 5.26 Å². The lowest BCUT2D eigenvalue weighted by molar-refractivity contribution is -0.145. The minimum absolute atomic E-state index is 0.243. The van der Waals surface area contributed by atoms with Crippen LogP contribution in [-0.2, 0) is 9.53 Å². The Labute approximate surface area is 96.4 Å². The third-order valence-electron chi connectivity index (χ3n) is 2.95. The van der Waals surface area contributed by atoms with E-state index in [1.54, 1.807) is 0 Å². The van der Waals surface area contributed by atoms with Crippen LogP contribution < -0.4 is 0 Å². The van der Waals surface area contributed by atoms with E-state index < -0.39 is 0 Å². The maximum absolute atomic E-state index is 11.0. The summed E-state index contributed by atoms with van der Waals surface area (Å²) in [5.74, 6) is 0.0939. The van der Waals surface area contributed by atoms with Gasteiger partial charge in [0.1, 0.15) is 6.10 Å². The summed E-state index contributed by atoms with van der Waals surface area (Å²) in [6.45, 7) is 7.33. The molecule has 0 radical (unpaired) electrons. The van der Waals surface area contributed by atoms with Crippen LogP contribution in [0.15, 0.2) is 23.8 Å². The molecular weight excluding hydrogens is 202 g/mol. The van der Waals surface area contributed by atoms with Gasteiger partial charge in [0.05, 0.1) is 6.07 Å². The number of carbonyl (C=O) groups is 1. The highest BCUT2D eigenvalue weighted by molar-refractivity contribution is 5.66. The molecule has 1 rings (SSSR count). The van der Waals surface area contributed by atoms with Crippen LogP contribution in [0.3, 0.4) is 0 Å². The minimum atomic E-state index is -0.295. The van der Waals surface area contributed by atoms with E-state index in [1.807, 2.05) is 13.0 Å². The Bertz CT molecular complexity index is 363. The largest absolute Gasteiger partial charge is 0.458 e. The summed E-state index contributed by atoms with van der Waals surface area (Å²) in [4.78, 5) is 11.0. The van der Waals surface area contributed by atoms with E-state index in [2.05, 4.69) is 6.58 Å². The first-order chi connectivity index (χ1) is 7.54. The lowest BCUT2D eigenvalue weighted by Gasteiger charge is -2.31. The van der Waals surface area contributed by atoms with E-state index >= 15 is 0 Å². The molecule has 1 aliphatic rings. The van der Waals surface area contributed by atoms with Crippen molar-refractivity contribution in [3.05, 3.63) is 23.8 Å². The number of allylic oxidation sites excluding steroid dienone is 2. The summed E-state index contributed by atoms with van der Waals surface area (Å²) in [5, 5.41) is 8.66. The molecule has 2 unspecified atom stereocenters. The van der Waals surface area contributed by atoms with Gasteiger partial charge >= 0.3 is 5.97 Å². The van der Waals surface area contributed by atoms with Crippen LogP contribution in [-0.4, -0.2) is 12.1 Å². The molecule has 0 bridgehead atoms. The zero-order valence-electron chi connectivity index (χ0n) is 9.82. The van der Waals surface area contributed by atoms with Crippen LogP contribution in [0.4, 0.5) is 0 Å². The van der Waals surface area contributed by atoms with Crippen molar-refractivity contribution in [3.8, 4) is 6.07 Å². The Hall–Kier alpha value is -1.56. The smallest absolute Gasteiger partial charge is 0.303 e. The van der Waals surface area contributed by atoms with E-state index in [-0.39, 0.29) is 12.1 Å². The Morgan fingerprint density at radius 1 is 1.62 bits per heavy atom. The van der Waals surface area contributed by atoms with E-state index in [0.29, 0.717) is 5.92 Å². The maximum atomic E-state index is 11.0. The first-order valence-electron chi connectivity index (χ1n) is 5.45. The molecule has 0 spiro atoms. The molecule has 0 amide bonds. The van der Waals surface area contributed by atoms with Gasteiger partial charge in [0, 0.05) is 13.0 Å². The fourth-order valence-electron chi connectivity index (χ4n) is 2.05. The molecular formula is C13H17NO2. The third-order valence-corrected chi connectivity index (χ3v) is 2.95. The van der Waals surface area contributed by atoms with Gasteiger partial charge in [0.2, 0.25) is 0 Å². The maximum Gasteiger partial charge on any atom is 0.303 e.